The molecule has 0 aliphatic heterocycles. The number of nitrogens with one attached hydrogen (secondary N) is 1. The van der Waals surface area contributed by atoms with Gasteiger partial charge in [0.05, 0.1) is 5.92 Å². The maximum absolute atomic E-state index is 3.61. The molecule has 152 valence electrons. The SMILES string of the molecule is CCCC(c1[nH]cc[n+]1-c1ccccc1)C(C)(Cc1ccccc1)c1ccccc1. The van der Waals surface area contributed by atoms with Gasteiger partial charge in [0.25, 0.3) is 5.82 Å². The minimum atomic E-state index is -0.0417. The Morgan fingerprint density at radius 1 is 0.833 bits per heavy atom. The molecule has 2 unspecified atom stereocenters. The standard InChI is InChI=1S/C28H30N2/c1-3-13-26(27-29-20-21-30(27)25-18-11-6-12-19-25)28(2,24-16-9-5-10-17-24)22-23-14-7-4-8-15-23/h4-12,14-21,26H,3,13,22H2,1-2H3/p+1. The molecule has 2 nitrogen and oxygen atoms in total. The first-order valence-electron chi connectivity index (χ1n) is 11.0. The van der Waals surface area contributed by atoms with Crippen LogP contribution in [0.15, 0.2) is 103 Å². The Kier molecular flexibility index (Phi) is 6.13. The third kappa shape index (κ3) is 4.09. The van der Waals surface area contributed by atoms with Gasteiger partial charge in [-0.3, -0.25) is 0 Å². The number of para-hydroxylation sites is 1. The van der Waals surface area contributed by atoms with Crippen molar-refractivity contribution in [1.82, 2.24) is 4.98 Å². The molecule has 0 fully saturated rings. The van der Waals surface area contributed by atoms with E-state index < -0.39 is 0 Å². The van der Waals surface area contributed by atoms with Crippen LogP contribution < -0.4 is 4.57 Å². The van der Waals surface area contributed by atoms with Crippen molar-refractivity contribution >= 4 is 0 Å². The van der Waals surface area contributed by atoms with Gasteiger partial charge in [-0.25, -0.2) is 4.98 Å². The van der Waals surface area contributed by atoms with Gasteiger partial charge >= 0.3 is 0 Å². The van der Waals surface area contributed by atoms with Crippen molar-refractivity contribution in [2.45, 2.75) is 44.4 Å². The third-order valence-corrected chi connectivity index (χ3v) is 6.27. The van der Waals surface area contributed by atoms with Crippen LogP contribution in [0.2, 0.25) is 0 Å². The fraction of sp³-hybridized carbons (Fsp3) is 0.250. The molecule has 0 spiro atoms. The number of aromatic nitrogens is 2. The Balaban J connectivity index is 1.84. The van der Waals surface area contributed by atoms with E-state index in [1.54, 1.807) is 0 Å². The van der Waals surface area contributed by atoms with Gasteiger partial charge in [-0.15, -0.1) is 0 Å². The number of nitrogens with zero attached hydrogens (tertiary/aromatic N) is 1. The average Bonchev–Trinajstić information content (AvgIpc) is 3.28. The predicted octanol–water partition coefficient (Wildman–Crippen LogP) is 6.38. The third-order valence-electron chi connectivity index (χ3n) is 6.27. The summed E-state index contributed by atoms with van der Waals surface area (Å²) < 4.78 is 2.33. The van der Waals surface area contributed by atoms with Gasteiger partial charge in [0.2, 0.25) is 0 Å². The molecule has 3 aromatic carbocycles. The van der Waals surface area contributed by atoms with E-state index in [0.717, 1.165) is 19.3 Å². The summed E-state index contributed by atoms with van der Waals surface area (Å²) in [6.07, 6.45) is 7.47. The summed E-state index contributed by atoms with van der Waals surface area (Å²) in [5.74, 6) is 1.62. The molecule has 0 saturated carbocycles. The molecule has 1 aromatic heterocycles. The first kappa shape index (κ1) is 20.2. The van der Waals surface area contributed by atoms with Crippen molar-refractivity contribution in [3.8, 4) is 5.69 Å². The van der Waals surface area contributed by atoms with Crippen LogP contribution in [-0.4, -0.2) is 4.98 Å². The fourth-order valence-corrected chi connectivity index (χ4v) is 4.74. The predicted molar refractivity (Wildman–Crippen MR) is 124 cm³/mol. The Morgan fingerprint density at radius 3 is 2.07 bits per heavy atom. The van der Waals surface area contributed by atoms with Crippen LogP contribution >= 0.6 is 0 Å². The van der Waals surface area contributed by atoms with Crippen LogP contribution in [0.3, 0.4) is 0 Å². The first-order valence-corrected chi connectivity index (χ1v) is 11.0. The lowest BCUT2D eigenvalue weighted by Gasteiger charge is -2.36. The van der Waals surface area contributed by atoms with Crippen molar-refractivity contribution < 1.29 is 4.57 Å². The van der Waals surface area contributed by atoms with Crippen molar-refractivity contribution in [1.29, 1.82) is 0 Å². The molecular formula is C28H31N2+. The number of hydrogen-bond acceptors (Lipinski definition) is 0. The van der Waals surface area contributed by atoms with Crippen LogP contribution in [0.5, 0.6) is 0 Å². The highest BCUT2D eigenvalue weighted by Gasteiger charge is 2.42. The lowest BCUT2D eigenvalue weighted by molar-refractivity contribution is -0.605. The second kappa shape index (κ2) is 9.13. The monoisotopic (exact) mass is 395 g/mol. The van der Waals surface area contributed by atoms with Crippen LogP contribution in [-0.2, 0) is 11.8 Å². The number of H-pyrrole nitrogens is 1. The van der Waals surface area contributed by atoms with Gasteiger partial charge in [0.15, 0.2) is 0 Å². The summed E-state index contributed by atoms with van der Waals surface area (Å²) >= 11 is 0. The van der Waals surface area contributed by atoms with Gasteiger partial charge in [0, 0.05) is 5.41 Å². The van der Waals surface area contributed by atoms with Crippen molar-refractivity contribution in [2.75, 3.05) is 0 Å². The van der Waals surface area contributed by atoms with E-state index >= 15 is 0 Å². The highest BCUT2D eigenvalue weighted by molar-refractivity contribution is 5.33. The lowest BCUT2D eigenvalue weighted by Crippen LogP contribution is -2.42. The van der Waals surface area contributed by atoms with E-state index in [1.807, 2.05) is 0 Å². The van der Waals surface area contributed by atoms with Crippen LogP contribution in [0.25, 0.3) is 5.69 Å². The zero-order valence-corrected chi connectivity index (χ0v) is 18.0. The maximum atomic E-state index is 3.61. The van der Waals surface area contributed by atoms with Gasteiger partial charge < -0.3 is 0 Å². The largest absolute Gasteiger partial charge is 0.263 e. The summed E-state index contributed by atoms with van der Waals surface area (Å²) in [6, 6.07) is 32.6. The van der Waals surface area contributed by atoms with Crippen LogP contribution in [0.1, 0.15) is 49.6 Å². The van der Waals surface area contributed by atoms with E-state index in [2.05, 4.69) is 127 Å². The molecule has 0 radical (unpaired) electrons. The van der Waals surface area contributed by atoms with Crippen molar-refractivity contribution in [2.24, 2.45) is 0 Å². The molecule has 4 aromatic rings. The minimum Gasteiger partial charge on any atom is -0.247 e. The summed E-state index contributed by atoms with van der Waals surface area (Å²) in [7, 11) is 0. The summed E-state index contributed by atoms with van der Waals surface area (Å²) in [4.78, 5) is 3.61. The van der Waals surface area contributed by atoms with Gasteiger partial charge in [0.1, 0.15) is 18.1 Å². The molecule has 1 N–H and O–H groups in total. The second-order valence-electron chi connectivity index (χ2n) is 8.34. The Morgan fingerprint density at radius 2 is 1.43 bits per heavy atom. The fourth-order valence-electron chi connectivity index (χ4n) is 4.74. The summed E-state index contributed by atoms with van der Waals surface area (Å²) in [5, 5.41) is 0. The molecule has 0 aliphatic rings. The molecule has 2 atom stereocenters. The normalized spacial score (nSPS) is 14.2. The highest BCUT2D eigenvalue weighted by atomic mass is 15.1. The Bertz CT molecular complexity index is 1040. The van der Waals surface area contributed by atoms with Gasteiger partial charge in [-0.2, -0.15) is 4.57 Å². The Labute approximate surface area is 180 Å². The smallest absolute Gasteiger partial charge is 0.247 e. The number of imidazole rings is 1. The number of hydrogen-bond donors (Lipinski definition) is 1. The number of aromatic amines is 1. The molecular weight excluding hydrogens is 364 g/mol. The van der Waals surface area contributed by atoms with Crippen molar-refractivity contribution in [3.63, 3.8) is 0 Å². The zero-order chi connectivity index (χ0) is 20.8. The van der Waals surface area contributed by atoms with Gasteiger partial charge in [-0.05, 0) is 36.1 Å². The molecule has 0 aliphatic carbocycles. The molecule has 2 heteroatoms. The molecule has 4 rings (SSSR count). The molecule has 0 bridgehead atoms. The quantitative estimate of drug-likeness (QED) is 0.334. The average molecular weight is 396 g/mol. The summed E-state index contributed by atoms with van der Waals surface area (Å²) in [5.41, 5.74) is 3.93. The van der Waals surface area contributed by atoms with Crippen LogP contribution in [0, 0.1) is 0 Å². The highest BCUT2D eigenvalue weighted by Crippen LogP contribution is 2.43. The van der Waals surface area contributed by atoms with E-state index in [0.29, 0.717) is 5.92 Å². The van der Waals surface area contributed by atoms with Gasteiger partial charge in [-0.1, -0.05) is 99.1 Å². The Hall–Kier alpha value is -3.13. The summed E-state index contributed by atoms with van der Waals surface area (Å²) in [6.45, 7) is 4.72. The van der Waals surface area contributed by atoms with Crippen LogP contribution in [0.4, 0.5) is 0 Å². The maximum Gasteiger partial charge on any atom is 0.263 e. The topological polar surface area (TPSA) is 19.7 Å². The molecule has 1 heterocycles. The number of rotatable bonds is 8. The molecule has 0 saturated heterocycles. The van der Waals surface area contributed by atoms with E-state index in [1.165, 1.54) is 22.6 Å². The molecule has 0 amide bonds. The minimum absolute atomic E-state index is 0.0417. The second-order valence-corrected chi connectivity index (χ2v) is 8.34. The molecule has 30 heavy (non-hydrogen) atoms. The first-order chi connectivity index (χ1) is 14.7. The van der Waals surface area contributed by atoms with E-state index in [4.69, 9.17) is 0 Å². The zero-order valence-electron chi connectivity index (χ0n) is 18.0. The van der Waals surface area contributed by atoms with Crippen molar-refractivity contribution in [3.05, 3.63) is 120 Å². The van der Waals surface area contributed by atoms with E-state index in [9.17, 15) is 0 Å². The number of benzene rings is 3. The van der Waals surface area contributed by atoms with E-state index in [-0.39, 0.29) is 5.41 Å². The lowest BCUT2D eigenvalue weighted by atomic mass is 9.66.